The van der Waals surface area contributed by atoms with E-state index in [-0.39, 0.29) is 0 Å². The summed E-state index contributed by atoms with van der Waals surface area (Å²) in [5, 5.41) is 0. The van der Waals surface area contributed by atoms with Gasteiger partial charge in [0, 0.05) is 0 Å². The topological polar surface area (TPSA) is 52.9 Å². The SMILES string of the molecule is [NH]N[C]=O. The van der Waals surface area contributed by atoms with E-state index in [0.717, 1.165) is 6.41 Å². The first-order valence-corrected chi connectivity index (χ1v) is 0.704. The predicted octanol–water partition coefficient (Wildman–Crippen LogP) is -1.16. The summed E-state index contributed by atoms with van der Waals surface area (Å²) < 4.78 is 0. The number of carbonyl (C=O) groups excluding carboxylic acids is 1. The van der Waals surface area contributed by atoms with Crippen LogP contribution in [0.4, 0.5) is 0 Å². The fourth-order valence-electron chi connectivity index (χ4n) is 0. The number of hydrogen-bond acceptors (Lipinski definition) is 1. The molecule has 0 bridgehead atoms. The summed E-state index contributed by atoms with van der Waals surface area (Å²) in [6.45, 7) is 0. The average molecular weight is 58.0 g/mol. The van der Waals surface area contributed by atoms with Gasteiger partial charge >= 0.3 is 6.41 Å². The number of rotatable bonds is 1. The van der Waals surface area contributed by atoms with Crippen molar-refractivity contribution < 1.29 is 4.79 Å². The van der Waals surface area contributed by atoms with Crippen molar-refractivity contribution in [2.75, 3.05) is 0 Å². The predicted molar refractivity (Wildman–Crippen MR) is 11.9 cm³/mol. The lowest BCUT2D eigenvalue weighted by atomic mass is 11.4. The quantitative estimate of drug-likeness (QED) is 0.300. The van der Waals surface area contributed by atoms with E-state index in [0.29, 0.717) is 0 Å². The zero-order chi connectivity index (χ0) is 3.41. The Morgan fingerprint density at radius 1 is 2.00 bits per heavy atom. The minimum atomic E-state index is 1.10. The van der Waals surface area contributed by atoms with Gasteiger partial charge in [-0.2, -0.15) is 5.84 Å². The van der Waals surface area contributed by atoms with Crippen LogP contribution in [0.25, 0.3) is 0 Å². The Kier molecular flexibility index (Phi) is 2.08. The molecule has 0 aliphatic rings. The van der Waals surface area contributed by atoms with E-state index in [1.165, 1.54) is 5.43 Å². The molecule has 0 aromatic carbocycles. The maximum absolute atomic E-state index is 8.75. The molecule has 3 heteroatoms. The van der Waals surface area contributed by atoms with Crippen molar-refractivity contribution in [2.45, 2.75) is 0 Å². The van der Waals surface area contributed by atoms with E-state index in [1.54, 1.807) is 0 Å². The van der Waals surface area contributed by atoms with Crippen molar-refractivity contribution in [1.82, 2.24) is 11.3 Å². The summed E-state index contributed by atoms with van der Waals surface area (Å²) in [4.78, 5) is 8.75. The minimum Gasteiger partial charge on any atom is -0.268 e. The molecular weight excluding hydrogens is 56.0 g/mol. The molecule has 0 atom stereocenters. The van der Waals surface area contributed by atoms with Gasteiger partial charge in [-0.1, -0.05) is 0 Å². The van der Waals surface area contributed by atoms with E-state index >= 15 is 0 Å². The molecule has 0 rings (SSSR count). The van der Waals surface area contributed by atoms with Crippen LogP contribution < -0.4 is 11.3 Å². The molecule has 3 nitrogen and oxygen atoms in total. The van der Waals surface area contributed by atoms with Gasteiger partial charge in [-0.25, -0.2) is 0 Å². The summed E-state index contributed by atoms with van der Waals surface area (Å²) in [6, 6.07) is 0. The zero-order valence-corrected chi connectivity index (χ0v) is 1.91. The largest absolute Gasteiger partial charge is 0.325 e. The Hall–Kier alpha value is -0.570. The van der Waals surface area contributed by atoms with Gasteiger partial charge in [0.15, 0.2) is 0 Å². The van der Waals surface area contributed by atoms with Crippen LogP contribution in [0.15, 0.2) is 0 Å². The third-order valence-electron chi connectivity index (χ3n) is 0.0510. The normalized spacial score (nSPS) is 5.25. The molecule has 0 heterocycles. The van der Waals surface area contributed by atoms with Crippen LogP contribution in [-0.4, -0.2) is 6.41 Å². The summed E-state index contributed by atoms with van der Waals surface area (Å²) in [5.41, 5.74) is 1.38. The minimum absolute atomic E-state index is 1.10. The second-order valence-electron chi connectivity index (χ2n) is 0.227. The molecule has 0 aliphatic carbocycles. The Balaban J connectivity index is 2.30. The average Bonchev–Trinajstić information content (AvgIpc) is 1.37. The molecule has 1 amide bonds. The van der Waals surface area contributed by atoms with Gasteiger partial charge in [0.25, 0.3) is 0 Å². The van der Waals surface area contributed by atoms with Gasteiger partial charge in [0.2, 0.25) is 0 Å². The molecular formula is CH2N2O. The molecule has 0 aliphatic heterocycles. The van der Waals surface area contributed by atoms with Crippen LogP contribution >= 0.6 is 0 Å². The molecule has 0 aromatic rings. The highest BCUT2D eigenvalue weighted by molar-refractivity contribution is 5.45. The van der Waals surface area contributed by atoms with Crippen LogP contribution in [-0.2, 0) is 4.79 Å². The summed E-state index contributed by atoms with van der Waals surface area (Å²) in [5.74, 6) is 5.78. The maximum atomic E-state index is 8.75. The highest BCUT2D eigenvalue weighted by Crippen LogP contribution is 1.05. The standard InChI is InChI=1S/CH2N2O/c2-3-1-4/h2H,(H,3,4). The highest BCUT2D eigenvalue weighted by Gasteiger charge is 1.49. The molecule has 0 unspecified atom stereocenters. The van der Waals surface area contributed by atoms with Gasteiger partial charge in [0.1, 0.15) is 0 Å². The van der Waals surface area contributed by atoms with Gasteiger partial charge < -0.3 is 0 Å². The molecule has 22 valence electrons. The molecule has 0 saturated heterocycles. The molecule has 4 heavy (non-hydrogen) atoms. The fourth-order valence-corrected chi connectivity index (χ4v) is 0. The summed E-state index contributed by atoms with van der Waals surface area (Å²) in [7, 11) is 0. The van der Waals surface area contributed by atoms with Crippen LogP contribution in [0.3, 0.4) is 0 Å². The lowest BCUT2D eigenvalue weighted by Gasteiger charge is -1.60. The summed E-state index contributed by atoms with van der Waals surface area (Å²) >= 11 is 0. The lowest BCUT2D eigenvalue weighted by molar-refractivity contribution is 0.542. The molecule has 2 radical (unpaired) electrons. The maximum Gasteiger partial charge on any atom is 0.325 e. The van der Waals surface area contributed by atoms with Gasteiger partial charge in [-0.15, -0.1) is 0 Å². The fraction of sp³-hybridized carbons (Fsp3) is 0. The van der Waals surface area contributed by atoms with Crippen molar-refractivity contribution >= 4 is 6.41 Å². The first-order valence-electron chi connectivity index (χ1n) is 0.704. The molecule has 0 spiro atoms. The highest BCUT2D eigenvalue weighted by atomic mass is 16.1. The zero-order valence-electron chi connectivity index (χ0n) is 1.91. The van der Waals surface area contributed by atoms with Crippen LogP contribution in [0.5, 0.6) is 0 Å². The molecule has 0 saturated carbocycles. The first-order chi connectivity index (χ1) is 1.91. The molecule has 0 fully saturated rings. The molecule has 0 aromatic heterocycles. The van der Waals surface area contributed by atoms with Crippen LogP contribution in [0, 0.1) is 0 Å². The van der Waals surface area contributed by atoms with E-state index < -0.39 is 0 Å². The van der Waals surface area contributed by atoms with Crippen molar-refractivity contribution in [3.05, 3.63) is 0 Å². The third-order valence-corrected chi connectivity index (χ3v) is 0.0510. The Morgan fingerprint density at radius 3 is 2.25 bits per heavy atom. The number of hydrogen-bond donors (Lipinski definition) is 1. The number of nitrogens with one attached hydrogen (secondary N) is 2. The third kappa shape index (κ3) is 1.43. The molecule has 2 N–H and O–H groups in total. The summed E-state index contributed by atoms with van der Waals surface area (Å²) in [6.07, 6.45) is 1.10. The Bertz CT molecular complexity index is 20.0. The van der Waals surface area contributed by atoms with Gasteiger partial charge in [-0.3, -0.25) is 10.2 Å². The monoisotopic (exact) mass is 58.0 g/mol. The van der Waals surface area contributed by atoms with E-state index in [1.807, 2.05) is 0 Å². The van der Waals surface area contributed by atoms with Crippen molar-refractivity contribution in [3.8, 4) is 0 Å². The number of amides is 1. The smallest absolute Gasteiger partial charge is 0.268 e. The second-order valence-corrected chi connectivity index (χ2v) is 0.227. The van der Waals surface area contributed by atoms with E-state index in [9.17, 15) is 0 Å². The second kappa shape index (κ2) is 2.43. The van der Waals surface area contributed by atoms with Crippen molar-refractivity contribution in [3.63, 3.8) is 0 Å². The van der Waals surface area contributed by atoms with Crippen molar-refractivity contribution in [1.29, 1.82) is 0 Å². The van der Waals surface area contributed by atoms with Crippen LogP contribution in [0.2, 0.25) is 0 Å². The first kappa shape index (κ1) is 3.43. The Labute approximate surface area is 23.8 Å². The van der Waals surface area contributed by atoms with Gasteiger partial charge in [-0.05, 0) is 0 Å². The van der Waals surface area contributed by atoms with E-state index in [4.69, 9.17) is 10.6 Å². The van der Waals surface area contributed by atoms with E-state index in [2.05, 4.69) is 0 Å². The van der Waals surface area contributed by atoms with Gasteiger partial charge in [0.05, 0.1) is 0 Å². The lowest BCUT2D eigenvalue weighted by Crippen LogP contribution is -2.03. The van der Waals surface area contributed by atoms with Crippen LogP contribution in [0.1, 0.15) is 0 Å². The Morgan fingerprint density at radius 2 is 2.25 bits per heavy atom. The van der Waals surface area contributed by atoms with Crippen molar-refractivity contribution in [2.24, 2.45) is 0 Å².